The number of carbonyl (C=O) groups excluding carboxylic acids is 3. The van der Waals surface area contributed by atoms with Gasteiger partial charge in [0.2, 0.25) is 0 Å². The molecule has 0 atom stereocenters. The van der Waals surface area contributed by atoms with Gasteiger partial charge in [0.1, 0.15) is 0 Å². The summed E-state index contributed by atoms with van der Waals surface area (Å²) in [5, 5.41) is 0.415. The van der Waals surface area contributed by atoms with Crippen LogP contribution in [-0.4, -0.2) is 30.8 Å². The molecular weight excluding hydrogens is 282 g/mol. The largest absolute Gasteiger partial charge is 0.466 e. The van der Waals surface area contributed by atoms with Gasteiger partial charge in [-0.25, -0.2) is 0 Å². The van der Waals surface area contributed by atoms with Gasteiger partial charge in [0.15, 0.2) is 0 Å². The van der Waals surface area contributed by atoms with Crippen molar-refractivity contribution in [2.75, 3.05) is 18.1 Å². The molecule has 0 saturated heterocycles. The van der Waals surface area contributed by atoms with Gasteiger partial charge in [-0.3, -0.25) is 14.4 Å². The smallest absolute Gasteiger partial charge is 0.305 e. The third-order valence-electron chi connectivity index (χ3n) is 3.00. The monoisotopic (exact) mass is 295 g/mol. The Morgan fingerprint density at radius 3 is 2.80 bits per heavy atom. The molecule has 106 valence electrons. The SMILES string of the molecule is CCOC(=O)CCCN1C(=O)C(=O)c2cc(Cl)ccc21. The Labute approximate surface area is 121 Å². The maximum absolute atomic E-state index is 11.9. The van der Waals surface area contributed by atoms with Gasteiger partial charge in [-0.2, -0.15) is 0 Å². The highest BCUT2D eigenvalue weighted by Crippen LogP contribution is 2.31. The summed E-state index contributed by atoms with van der Waals surface area (Å²) < 4.78 is 4.81. The maximum Gasteiger partial charge on any atom is 0.305 e. The summed E-state index contributed by atoms with van der Waals surface area (Å²) in [6.45, 7) is 2.37. The fourth-order valence-corrected chi connectivity index (χ4v) is 2.28. The second kappa shape index (κ2) is 6.05. The molecule has 0 saturated carbocycles. The van der Waals surface area contributed by atoms with Crippen LogP contribution < -0.4 is 4.90 Å². The number of Topliss-reactive ketones (excluding diaryl/α,β-unsaturated/α-hetero) is 1. The van der Waals surface area contributed by atoms with Crippen LogP contribution in [0.15, 0.2) is 18.2 Å². The minimum atomic E-state index is -0.578. The second-order valence-electron chi connectivity index (χ2n) is 4.36. The molecule has 5 nitrogen and oxygen atoms in total. The zero-order valence-corrected chi connectivity index (χ0v) is 11.8. The summed E-state index contributed by atoms with van der Waals surface area (Å²) in [6.07, 6.45) is 0.661. The number of ether oxygens (including phenoxy) is 1. The lowest BCUT2D eigenvalue weighted by Crippen LogP contribution is -2.31. The van der Waals surface area contributed by atoms with Crippen LogP contribution in [0.3, 0.4) is 0 Å². The van der Waals surface area contributed by atoms with E-state index < -0.39 is 11.7 Å². The summed E-state index contributed by atoms with van der Waals surface area (Å²) >= 11 is 5.82. The number of anilines is 1. The first kappa shape index (κ1) is 14.5. The molecular formula is C14H14ClNO4. The van der Waals surface area contributed by atoms with Crippen molar-refractivity contribution in [3.63, 3.8) is 0 Å². The van der Waals surface area contributed by atoms with Gasteiger partial charge in [-0.1, -0.05) is 11.6 Å². The Kier molecular flexibility index (Phi) is 4.39. The van der Waals surface area contributed by atoms with Gasteiger partial charge in [-0.05, 0) is 31.5 Å². The Morgan fingerprint density at radius 1 is 1.35 bits per heavy atom. The van der Waals surface area contributed by atoms with Gasteiger partial charge in [0.25, 0.3) is 11.7 Å². The number of benzene rings is 1. The summed E-state index contributed by atoms with van der Waals surface area (Å²) in [4.78, 5) is 36.3. The molecule has 0 N–H and O–H groups in total. The molecule has 20 heavy (non-hydrogen) atoms. The molecule has 2 rings (SSSR count). The van der Waals surface area contributed by atoms with Crippen molar-refractivity contribution >= 4 is 34.9 Å². The first-order valence-corrected chi connectivity index (χ1v) is 6.73. The molecule has 0 aromatic heterocycles. The van der Waals surface area contributed by atoms with Crippen molar-refractivity contribution in [3.05, 3.63) is 28.8 Å². The molecule has 1 aromatic carbocycles. The zero-order chi connectivity index (χ0) is 14.7. The number of esters is 1. The van der Waals surface area contributed by atoms with Gasteiger partial charge in [0.05, 0.1) is 17.9 Å². The van der Waals surface area contributed by atoms with Crippen LogP contribution in [0.1, 0.15) is 30.1 Å². The number of carbonyl (C=O) groups is 3. The third-order valence-corrected chi connectivity index (χ3v) is 3.24. The van der Waals surface area contributed by atoms with Crippen LogP contribution in [-0.2, 0) is 14.3 Å². The Balaban J connectivity index is 2.05. The second-order valence-corrected chi connectivity index (χ2v) is 4.79. The van der Waals surface area contributed by atoms with Crippen molar-refractivity contribution < 1.29 is 19.1 Å². The van der Waals surface area contributed by atoms with Gasteiger partial charge < -0.3 is 9.64 Å². The number of nitrogens with zero attached hydrogens (tertiary/aromatic N) is 1. The lowest BCUT2D eigenvalue weighted by molar-refractivity contribution is -0.143. The number of halogens is 1. The van der Waals surface area contributed by atoms with Gasteiger partial charge in [0, 0.05) is 18.0 Å². The summed E-state index contributed by atoms with van der Waals surface area (Å²) in [6, 6.07) is 4.76. The highest BCUT2D eigenvalue weighted by atomic mass is 35.5. The van der Waals surface area contributed by atoms with Crippen LogP contribution in [0.2, 0.25) is 5.02 Å². The number of fused-ring (bicyclic) bond motifs is 1. The van der Waals surface area contributed by atoms with Crippen LogP contribution in [0.25, 0.3) is 0 Å². The van der Waals surface area contributed by atoms with E-state index in [1.54, 1.807) is 19.1 Å². The molecule has 0 radical (unpaired) electrons. The minimum absolute atomic E-state index is 0.217. The summed E-state index contributed by atoms with van der Waals surface area (Å²) in [7, 11) is 0. The number of amides is 1. The molecule has 1 aliphatic rings. The standard InChI is InChI=1S/C14H14ClNO4/c1-2-20-12(17)4-3-7-16-11-6-5-9(15)8-10(11)13(18)14(16)19/h5-6,8H,2-4,7H2,1H3. The third kappa shape index (κ3) is 2.82. The van der Waals surface area contributed by atoms with E-state index in [4.69, 9.17) is 16.3 Å². The van der Waals surface area contributed by atoms with Crippen molar-refractivity contribution in [2.24, 2.45) is 0 Å². The zero-order valence-electron chi connectivity index (χ0n) is 11.0. The van der Waals surface area contributed by atoms with Crippen LogP contribution in [0, 0.1) is 0 Å². The van der Waals surface area contributed by atoms with Crippen molar-refractivity contribution in [1.29, 1.82) is 0 Å². The predicted octanol–water partition coefficient (Wildman–Crippen LogP) is 2.21. The molecule has 1 aliphatic heterocycles. The van der Waals surface area contributed by atoms with E-state index >= 15 is 0 Å². The molecule has 0 aliphatic carbocycles. The molecule has 0 fully saturated rings. The number of ketones is 1. The lowest BCUT2D eigenvalue weighted by atomic mass is 10.1. The van der Waals surface area contributed by atoms with E-state index in [0.29, 0.717) is 35.8 Å². The minimum Gasteiger partial charge on any atom is -0.466 e. The van der Waals surface area contributed by atoms with Crippen LogP contribution in [0.5, 0.6) is 0 Å². The normalized spacial score (nSPS) is 13.6. The topological polar surface area (TPSA) is 63.7 Å². The molecule has 0 unspecified atom stereocenters. The highest BCUT2D eigenvalue weighted by Gasteiger charge is 2.35. The van der Waals surface area contributed by atoms with Gasteiger partial charge in [-0.15, -0.1) is 0 Å². The first-order chi connectivity index (χ1) is 9.54. The first-order valence-electron chi connectivity index (χ1n) is 6.36. The molecule has 6 heteroatoms. The molecule has 1 amide bonds. The van der Waals surface area contributed by atoms with E-state index in [-0.39, 0.29) is 12.4 Å². The van der Waals surface area contributed by atoms with Crippen molar-refractivity contribution in [3.8, 4) is 0 Å². The fourth-order valence-electron chi connectivity index (χ4n) is 2.11. The van der Waals surface area contributed by atoms with E-state index in [9.17, 15) is 14.4 Å². The number of rotatable bonds is 5. The molecule has 1 aromatic rings. The van der Waals surface area contributed by atoms with Crippen molar-refractivity contribution in [1.82, 2.24) is 0 Å². The maximum atomic E-state index is 11.9. The molecule has 0 spiro atoms. The highest BCUT2D eigenvalue weighted by molar-refractivity contribution is 6.52. The van der Waals surface area contributed by atoms with E-state index in [2.05, 4.69) is 0 Å². The quantitative estimate of drug-likeness (QED) is 0.617. The fraction of sp³-hybridized carbons (Fsp3) is 0.357. The predicted molar refractivity (Wildman–Crippen MR) is 74.0 cm³/mol. The Bertz CT molecular complexity index is 570. The van der Waals surface area contributed by atoms with E-state index in [1.165, 1.54) is 11.0 Å². The average molecular weight is 296 g/mol. The van der Waals surface area contributed by atoms with Gasteiger partial charge >= 0.3 is 5.97 Å². The van der Waals surface area contributed by atoms with Crippen LogP contribution >= 0.6 is 11.6 Å². The average Bonchev–Trinajstić information content (AvgIpc) is 2.64. The van der Waals surface area contributed by atoms with Crippen LogP contribution in [0.4, 0.5) is 5.69 Å². The molecule has 1 heterocycles. The number of hydrogen-bond acceptors (Lipinski definition) is 4. The lowest BCUT2D eigenvalue weighted by Gasteiger charge is -2.15. The number of hydrogen-bond donors (Lipinski definition) is 0. The summed E-state index contributed by atoms with van der Waals surface area (Å²) in [5.74, 6) is -1.44. The van der Waals surface area contributed by atoms with E-state index in [1.807, 2.05) is 0 Å². The Hall–Kier alpha value is -1.88. The molecule has 0 bridgehead atoms. The van der Waals surface area contributed by atoms with Crippen molar-refractivity contribution in [2.45, 2.75) is 19.8 Å². The summed E-state index contributed by atoms with van der Waals surface area (Å²) in [5.41, 5.74) is 0.867. The Morgan fingerprint density at radius 2 is 2.10 bits per heavy atom. The van der Waals surface area contributed by atoms with E-state index in [0.717, 1.165) is 0 Å².